The van der Waals surface area contributed by atoms with Gasteiger partial charge in [0.05, 0.1) is 11.7 Å². The maximum Gasteiger partial charge on any atom is 0.206 e. The summed E-state index contributed by atoms with van der Waals surface area (Å²) < 4.78 is 0. The molecule has 104 valence electrons. The number of nitrogens with one attached hydrogen (secondary N) is 3. The Bertz CT molecular complexity index is 803. The van der Waals surface area contributed by atoms with E-state index in [4.69, 9.17) is 11.1 Å². The molecule has 2 aromatic heterocycles. The van der Waals surface area contributed by atoms with Gasteiger partial charge in [0.25, 0.3) is 0 Å². The van der Waals surface area contributed by atoms with Gasteiger partial charge in [-0.15, -0.1) is 0 Å². The van der Waals surface area contributed by atoms with Crippen molar-refractivity contribution in [3.8, 4) is 0 Å². The standard InChI is InChI=1S/C15H14N6/c16-15(17)21-20-14(10-4-2-1-3-5-10)12-8-19-13-9-18-7-6-11(12)13/h1-9,19H,(H4,16,17,21). The van der Waals surface area contributed by atoms with Crippen LogP contribution in [0.2, 0.25) is 0 Å². The lowest BCUT2D eigenvalue weighted by molar-refractivity contribution is 0.994. The number of aromatic nitrogens is 2. The molecular weight excluding hydrogens is 264 g/mol. The molecule has 0 saturated carbocycles. The molecule has 0 aliphatic rings. The summed E-state index contributed by atoms with van der Waals surface area (Å²) in [6.45, 7) is 0. The second-order valence-electron chi connectivity index (χ2n) is 4.48. The smallest absolute Gasteiger partial charge is 0.206 e. The molecule has 0 fully saturated rings. The quantitative estimate of drug-likeness (QED) is 0.333. The first kappa shape index (κ1) is 12.9. The van der Waals surface area contributed by atoms with Gasteiger partial charge in [0.1, 0.15) is 5.71 Å². The summed E-state index contributed by atoms with van der Waals surface area (Å²) in [5.41, 5.74) is 11.3. The van der Waals surface area contributed by atoms with Crippen LogP contribution in [0.15, 0.2) is 60.1 Å². The van der Waals surface area contributed by atoms with E-state index in [1.54, 1.807) is 12.4 Å². The molecule has 0 saturated heterocycles. The number of guanidine groups is 1. The van der Waals surface area contributed by atoms with Gasteiger partial charge >= 0.3 is 0 Å². The van der Waals surface area contributed by atoms with Gasteiger partial charge in [-0.1, -0.05) is 30.3 Å². The van der Waals surface area contributed by atoms with Crippen LogP contribution in [0, 0.1) is 5.41 Å². The molecule has 0 aliphatic carbocycles. The number of nitrogens with two attached hydrogens (primary N) is 1. The summed E-state index contributed by atoms with van der Waals surface area (Å²) in [4.78, 5) is 7.26. The molecule has 2 heterocycles. The van der Waals surface area contributed by atoms with Crippen molar-refractivity contribution in [2.75, 3.05) is 0 Å². The highest BCUT2D eigenvalue weighted by molar-refractivity contribution is 6.19. The van der Waals surface area contributed by atoms with E-state index in [9.17, 15) is 0 Å². The second-order valence-corrected chi connectivity index (χ2v) is 4.48. The van der Waals surface area contributed by atoms with Crippen LogP contribution in [0.1, 0.15) is 11.1 Å². The van der Waals surface area contributed by atoms with Gasteiger partial charge in [-0.25, -0.2) is 5.43 Å². The Labute approximate surface area is 121 Å². The van der Waals surface area contributed by atoms with Gasteiger partial charge < -0.3 is 10.7 Å². The monoisotopic (exact) mass is 278 g/mol. The normalized spacial score (nSPS) is 11.5. The predicted octanol–water partition coefficient (Wildman–Crippen LogP) is 1.80. The molecule has 0 aliphatic heterocycles. The zero-order valence-corrected chi connectivity index (χ0v) is 11.2. The Morgan fingerprint density at radius 1 is 1.24 bits per heavy atom. The fraction of sp³-hybridized carbons (Fsp3) is 0. The number of nitrogens with zero attached hydrogens (tertiary/aromatic N) is 2. The van der Waals surface area contributed by atoms with E-state index in [-0.39, 0.29) is 5.96 Å². The van der Waals surface area contributed by atoms with Crippen LogP contribution >= 0.6 is 0 Å². The molecular formula is C15H14N6. The maximum atomic E-state index is 7.28. The Kier molecular flexibility index (Phi) is 3.34. The highest BCUT2D eigenvalue weighted by Crippen LogP contribution is 2.20. The number of fused-ring (bicyclic) bond motifs is 1. The van der Waals surface area contributed by atoms with Crippen LogP contribution in [0.3, 0.4) is 0 Å². The highest BCUT2D eigenvalue weighted by Gasteiger charge is 2.12. The lowest BCUT2D eigenvalue weighted by atomic mass is 10.0. The topological polar surface area (TPSA) is 103 Å². The summed E-state index contributed by atoms with van der Waals surface area (Å²) in [7, 11) is 0. The van der Waals surface area contributed by atoms with Crippen molar-refractivity contribution < 1.29 is 0 Å². The summed E-state index contributed by atoms with van der Waals surface area (Å²) in [6, 6.07) is 11.7. The van der Waals surface area contributed by atoms with Crippen molar-refractivity contribution in [3.05, 3.63) is 66.1 Å². The van der Waals surface area contributed by atoms with Gasteiger partial charge in [0.15, 0.2) is 0 Å². The van der Waals surface area contributed by atoms with E-state index in [1.165, 1.54) is 0 Å². The van der Waals surface area contributed by atoms with Crippen molar-refractivity contribution in [2.45, 2.75) is 0 Å². The molecule has 0 amide bonds. The third-order valence-electron chi connectivity index (χ3n) is 3.07. The molecule has 0 atom stereocenters. The molecule has 6 nitrogen and oxygen atoms in total. The largest absolute Gasteiger partial charge is 0.369 e. The van der Waals surface area contributed by atoms with Crippen molar-refractivity contribution in [3.63, 3.8) is 0 Å². The third kappa shape index (κ3) is 2.59. The van der Waals surface area contributed by atoms with E-state index in [1.807, 2.05) is 42.6 Å². The molecule has 1 aromatic carbocycles. The molecule has 3 rings (SSSR count). The average Bonchev–Trinajstić information content (AvgIpc) is 2.93. The van der Waals surface area contributed by atoms with Crippen LogP contribution in [0.5, 0.6) is 0 Å². The molecule has 0 unspecified atom stereocenters. The predicted molar refractivity (Wildman–Crippen MR) is 83.2 cm³/mol. The first-order valence-electron chi connectivity index (χ1n) is 6.40. The average molecular weight is 278 g/mol. The van der Waals surface area contributed by atoms with Gasteiger partial charge in [0, 0.05) is 28.9 Å². The van der Waals surface area contributed by atoms with Gasteiger partial charge in [-0.2, -0.15) is 5.10 Å². The van der Waals surface area contributed by atoms with Crippen molar-refractivity contribution in [1.29, 1.82) is 5.41 Å². The molecule has 0 radical (unpaired) electrons. The summed E-state index contributed by atoms with van der Waals surface area (Å²) in [5.74, 6) is -0.204. The van der Waals surface area contributed by atoms with E-state index in [0.717, 1.165) is 22.0 Å². The molecule has 0 bridgehead atoms. The fourth-order valence-electron chi connectivity index (χ4n) is 2.16. The lowest BCUT2D eigenvalue weighted by Crippen LogP contribution is -2.27. The Hall–Kier alpha value is -3.15. The minimum Gasteiger partial charge on any atom is -0.369 e. The number of hydrogen-bond donors (Lipinski definition) is 4. The van der Waals surface area contributed by atoms with Gasteiger partial charge in [-0.05, 0) is 6.07 Å². The number of hydrogen-bond acceptors (Lipinski definition) is 3. The Balaban J connectivity index is 2.15. The summed E-state index contributed by atoms with van der Waals surface area (Å²) in [6.07, 6.45) is 5.38. The summed E-state index contributed by atoms with van der Waals surface area (Å²) >= 11 is 0. The van der Waals surface area contributed by atoms with Gasteiger partial charge in [-0.3, -0.25) is 10.4 Å². The van der Waals surface area contributed by atoms with Crippen molar-refractivity contribution in [2.24, 2.45) is 10.8 Å². The Morgan fingerprint density at radius 3 is 2.81 bits per heavy atom. The van der Waals surface area contributed by atoms with E-state index in [0.29, 0.717) is 5.71 Å². The first-order valence-corrected chi connectivity index (χ1v) is 6.40. The SMILES string of the molecule is N=C(N)NN=C(c1ccccc1)c1c[nH]c2cnccc12. The van der Waals surface area contributed by atoms with E-state index in [2.05, 4.69) is 20.5 Å². The van der Waals surface area contributed by atoms with Crippen LogP contribution < -0.4 is 11.2 Å². The summed E-state index contributed by atoms with van der Waals surface area (Å²) in [5, 5.41) is 12.6. The van der Waals surface area contributed by atoms with Crippen LogP contribution in [-0.2, 0) is 0 Å². The first-order chi connectivity index (χ1) is 10.3. The molecule has 6 heteroatoms. The fourth-order valence-corrected chi connectivity index (χ4v) is 2.16. The number of pyridine rings is 1. The van der Waals surface area contributed by atoms with Crippen LogP contribution in [0.25, 0.3) is 10.9 Å². The molecule has 5 N–H and O–H groups in total. The van der Waals surface area contributed by atoms with Crippen molar-refractivity contribution >= 4 is 22.6 Å². The molecule has 21 heavy (non-hydrogen) atoms. The number of H-pyrrole nitrogens is 1. The van der Waals surface area contributed by atoms with Crippen LogP contribution in [-0.4, -0.2) is 21.6 Å². The number of aromatic amines is 1. The molecule has 0 spiro atoms. The minimum absolute atomic E-state index is 0.204. The Morgan fingerprint density at radius 2 is 2.05 bits per heavy atom. The van der Waals surface area contributed by atoms with Crippen molar-refractivity contribution in [1.82, 2.24) is 15.4 Å². The number of rotatable bonds is 3. The highest BCUT2D eigenvalue weighted by atomic mass is 15.3. The minimum atomic E-state index is -0.204. The maximum absolute atomic E-state index is 7.28. The number of hydrazone groups is 1. The zero-order valence-electron chi connectivity index (χ0n) is 11.2. The van der Waals surface area contributed by atoms with Gasteiger partial charge in [0.2, 0.25) is 5.96 Å². The zero-order chi connectivity index (χ0) is 14.7. The number of benzene rings is 1. The van der Waals surface area contributed by atoms with E-state index < -0.39 is 0 Å². The third-order valence-corrected chi connectivity index (χ3v) is 3.07. The second kappa shape index (κ2) is 5.46. The van der Waals surface area contributed by atoms with Crippen LogP contribution in [0.4, 0.5) is 0 Å². The lowest BCUT2D eigenvalue weighted by Gasteiger charge is -2.06. The molecule has 3 aromatic rings. The van der Waals surface area contributed by atoms with E-state index >= 15 is 0 Å².